The van der Waals surface area contributed by atoms with Crippen LogP contribution in [0.4, 0.5) is 0 Å². The van der Waals surface area contributed by atoms with Crippen LogP contribution < -0.4 is 20.7 Å². The molecule has 0 spiro atoms. The van der Waals surface area contributed by atoms with Gasteiger partial charge in [0.1, 0.15) is 0 Å². The van der Waals surface area contributed by atoms with Crippen LogP contribution in [0.25, 0.3) is 78.0 Å². The maximum Gasteiger partial charge on any atom is 0.238 e. The van der Waals surface area contributed by atoms with E-state index in [0.29, 0.717) is 17.6 Å². The van der Waals surface area contributed by atoms with E-state index in [1.54, 1.807) is 0 Å². The molecule has 0 unspecified atom stereocenters. The summed E-state index contributed by atoms with van der Waals surface area (Å²) < 4.78 is 4.62. The van der Waals surface area contributed by atoms with E-state index >= 15 is 0 Å². The highest BCUT2D eigenvalue weighted by molar-refractivity contribution is 7.20. The van der Waals surface area contributed by atoms with Crippen molar-refractivity contribution in [2.45, 2.75) is 0 Å². The topological polar surface area (TPSA) is 48.5 Å². The van der Waals surface area contributed by atoms with Crippen LogP contribution in [-0.2, 0) is 0 Å². The van der Waals surface area contributed by atoms with E-state index in [0.717, 1.165) is 49.7 Å². The van der Waals surface area contributed by atoms with Crippen LogP contribution >= 0.6 is 0 Å². The summed E-state index contributed by atoms with van der Waals surface area (Å²) >= 11 is 0. The second-order valence-electron chi connectivity index (χ2n) is 16.0. The molecule has 0 aliphatic rings. The second-order valence-corrected chi connectivity index (χ2v) is 19.8. The van der Waals surface area contributed by atoms with Crippen LogP contribution in [0, 0.1) is 0 Å². The minimum absolute atomic E-state index is 0.578. The molecular formula is C57H39N5Si. The third-order valence-electron chi connectivity index (χ3n) is 12.5. The molecule has 0 aliphatic heterocycles. The van der Waals surface area contributed by atoms with Crippen molar-refractivity contribution in [2.75, 3.05) is 0 Å². The van der Waals surface area contributed by atoms with E-state index in [2.05, 4.69) is 185 Å². The van der Waals surface area contributed by atoms with Crippen LogP contribution in [-0.4, -0.2) is 32.2 Å². The summed E-state index contributed by atoms with van der Waals surface area (Å²) in [6, 6.07) is 85.2. The van der Waals surface area contributed by atoms with Crippen molar-refractivity contribution in [3.8, 4) is 34.4 Å². The highest BCUT2D eigenvalue weighted by atomic mass is 28.3. The third-order valence-corrected chi connectivity index (χ3v) is 17.3. The summed E-state index contributed by atoms with van der Waals surface area (Å²) in [7, 11) is -2.75. The van der Waals surface area contributed by atoms with Crippen LogP contribution in [0.15, 0.2) is 237 Å². The van der Waals surface area contributed by atoms with Gasteiger partial charge in [-0.25, -0.2) is 4.98 Å². The number of aromatic nitrogens is 5. The molecule has 3 heterocycles. The van der Waals surface area contributed by atoms with Gasteiger partial charge in [-0.2, -0.15) is 9.97 Å². The molecule has 0 aliphatic carbocycles. The van der Waals surface area contributed by atoms with E-state index in [1.807, 2.05) is 60.7 Å². The normalized spacial score (nSPS) is 11.8. The Labute approximate surface area is 365 Å². The summed E-state index contributed by atoms with van der Waals surface area (Å²) in [5.74, 6) is 1.84. The van der Waals surface area contributed by atoms with Gasteiger partial charge < -0.3 is 4.57 Å². The molecule has 6 heteroatoms. The van der Waals surface area contributed by atoms with Gasteiger partial charge in [0.2, 0.25) is 5.95 Å². The molecule has 0 saturated heterocycles. The minimum Gasteiger partial charge on any atom is -0.309 e. The smallest absolute Gasteiger partial charge is 0.238 e. The molecule has 12 rings (SSSR count). The average Bonchev–Trinajstić information content (AvgIpc) is 3.88. The van der Waals surface area contributed by atoms with Crippen LogP contribution in [0.1, 0.15) is 0 Å². The van der Waals surface area contributed by atoms with E-state index < -0.39 is 8.07 Å². The Morgan fingerprint density at radius 1 is 0.286 bits per heavy atom. The van der Waals surface area contributed by atoms with E-state index in [-0.39, 0.29) is 0 Å². The predicted molar refractivity (Wildman–Crippen MR) is 263 cm³/mol. The number of nitrogens with zero attached hydrogens (tertiary/aromatic N) is 5. The zero-order valence-electron chi connectivity index (χ0n) is 34.3. The molecule has 0 saturated carbocycles. The minimum atomic E-state index is -2.75. The Morgan fingerprint density at radius 3 is 1.21 bits per heavy atom. The predicted octanol–water partition coefficient (Wildman–Crippen LogP) is 10.8. The van der Waals surface area contributed by atoms with Gasteiger partial charge in [0.15, 0.2) is 19.7 Å². The van der Waals surface area contributed by atoms with Crippen LogP contribution in [0.5, 0.6) is 0 Å². The Balaban J connectivity index is 1.08. The molecule has 12 aromatic rings. The summed E-state index contributed by atoms with van der Waals surface area (Å²) in [6.07, 6.45) is 0. The molecule has 0 bridgehead atoms. The quantitative estimate of drug-likeness (QED) is 0.113. The molecule has 3 aromatic heterocycles. The van der Waals surface area contributed by atoms with Gasteiger partial charge in [-0.15, -0.1) is 0 Å². The van der Waals surface area contributed by atoms with Gasteiger partial charge in [-0.1, -0.05) is 200 Å². The monoisotopic (exact) mass is 821 g/mol. The first kappa shape index (κ1) is 36.6. The first-order chi connectivity index (χ1) is 31.3. The highest BCUT2D eigenvalue weighted by Crippen LogP contribution is 2.37. The molecule has 296 valence electrons. The maximum atomic E-state index is 5.16. The van der Waals surface area contributed by atoms with Crippen LogP contribution in [0.3, 0.4) is 0 Å². The first-order valence-electron chi connectivity index (χ1n) is 21.4. The zero-order valence-corrected chi connectivity index (χ0v) is 35.3. The van der Waals surface area contributed by atoms with E-state index in [1.165, 1.54) is 31.5 Å². The van der Waals surface area contributed by atoms with E-state index in [4.69, 9.17) is 15.0 Å². The number of para-hydroxylation sites is 2. The number of hydrogen-bond donors (Lipinski definition) is 0. The van der Waals surface area contributed by atoms with Crippen molar-refractivity contribution in [3.63, 3.8) is 0 Å². The Morgan fingerprint density at radius 2 is 0.683 bits per heavy atom. The molecule has 0 atom stereocenters. The average molecular weight is 822 g/mol. The van der Waals surface area contributed by atoms with Crippen LogP contribution in [0.2, 0.25) is 0 Å². The lowest BCUT2D eigenvalue weighted by molar-refractivity contribution is 0.953. The van der Waals surface area contributed by atoms with Crippen molar-refractivity contribution in [1.29, 1.82) is 0 Å². The molecule has 0 N–H and O–H groups in total. The number of hydrogen-bond acceptors (Lipinski definition) is 3. The van der Waals surface area contributed by atoms with Crippen molar-refractivity contribution < 1.29 is 0 Å². The lowest BCUT2D eigenvalue weighted by Gasteiger charge is -2.34. The maximum absolute atomic E-state index is 5.16. The van der Waals surface area contributed by atoms with E-state index in [9.17, 15) is 0 Å². The Hall–Kier alpha value is -8.19. The summed E-state index contributed by atoms with van der Waals surface area (Å²) in [5.41, 5.74) is 7.35. The molecule has 9 aromatic carbocycles. The number of rotatable bonds is 8. The molecule has 0 radical (unpaired) electrons. The number of fused-ring (bicyclic) bond motifs is 6. The first-order valence-corrected chi connectivity index (χ1v) is 23.4. The molecule has 0 amide bonds. The summed E-state index contributed by atoms with van der Waals surface area (Å²) in [6.45, 7) is 0. The zero-order chi connectivity index (χ0) is 41.7. The molecule has 5 nitrogen and oxygen atoms in total. The molecule has 0 fully saturated rings. The lowest BCUT2D eigenvalue weighted by Crippen LogP contribution is -2.74. The lowest BCUT2D eigenvalue weighted by atomic mass is 10.1. The number of benzene rings is 9. The largest absolute Gasteiger partial charge is 0.309 e. The summed E-state index contributed by atoms with van der Waals surface area (Å²) in [4.78, 5) is 15.3. The second kappa shape index (κ2) is 15.1. The van der Waals surface area contributed by atoms with Crippen molar-refractivity contribution in [1.82, 2.24) is 24.1 Å². The van der Waals surface area contributed by atoms with Gasteiger partial charge >= 0.3 is 0 Å². The van der Waals surface area contributed by atoms with Crippen molar-refractivity contribution in [3.05, 3.63) is 237 Å². The highest BCUT2D eigenvalue weighted by Gasteiger charge is 2.41. The Bertz CT molecular complexity index is 3450. The SMILES string of the molecule is c1ccc(-c2nc(-c3ccccc3)nc(-n3c4ccccc4c4cc(-n5c6ccccc6c6cc([Si](c7ccccc7)(c7ccccc7)c7ccccc7)ccc65)ccc43)n2)cc1. The fourth-order valence-corrected chi connectivity index (χ4v) is 14.5. The van der Waals surface area contributed by atoms with Crippen molar-refractivity contribution >= 4 is 72.4 Å². The van der Waals surface area contributed by atoms with Gasteiger partial charge in [-0.3, -0.25) is 4.57 Å². The third kappa shape index (κ3) is 5.95. The molecular weight excluding hydrogens is 783 g/mol. The van der Waals surface area contributed by atoms with Gasteiger partial charge in [0, 0.05) is 38.4 Å². The standard InChI is InChI=1S/C57H39N5Si/c1-6-20-40(21-7-1)55-58-56(41-22-8-2-9-23-41)60-57(59-55)62-52-33-19-17-30-47(52)49-38-42(34-36-54(49)62)61-51-32-18-16-31-48(51)50-39-46(35-37-53(50)61)63(43-24-10-3-11-25-43,44-26-12-4-13-27-44)45-28-14-5-15-29-45/h1-39H. The van der Waals surface area contributed by atoms with Gasteiger partial charge in [0.25, 0.3) is 0 Å². The van der Waals surface area contributed by atoms with Gasteiger partial charge in [0.05, 0.1) is 22.1 Å². The molecule has 63 heavy (non-hydrogen) atoms. The Kier molecular flexibility index (Phi) is 8.76. The van der Waals surface area contributed by atoms with Gasteiger partial charge in [-0.05, 0) is 57.1 Å². The summed E-state index contributed by atoms with van der Waals surface area (Å²) in [5, 5.41) is 10.1. The fourth-order valence-electron chi connectivity index (χ4n) is 9.76. The fraction of sp³-hybridized carbons (Fsp3) is 0. The van der Waals surface area contributed by atoms with Crippen molar-refractivity contribution in [2.24, 2.45) is 0 Å².